The Balaban J connectivity index is 1.28. The van der Waals surface area contributed by atoms with Crippen molar-refractivity contribution in [2.45, 2.75) is 84.3 Å². The second-order valence-electron chi connectivity index (χ2n) is 13.0. The molecule has 4 aliphatic carbocycles. The van der Waals surface area contributed by atoms with Gasteiger partial charge in [-0.3, -0.25) is 14.4 Å². The van der Waals surface area contributed by atoms with E-state index in [0.29, 0.717) is 38.1 Å². The highest BCUT2D eigenvalue weighted by atomic mass is 19.1. The van der Waals surface area contributed by atoms with Gasteiger partial charge in [0.1, 0.15) is 5.75 Å². The second kappa shape index (κ2) is 10.3. The highest BCUT2D eigenvalue weighted by Gasteiger charge is 2.60. The summed E-state index contributed by atoms with van der Waals surface area (Å²) in [6, 6.07) is 2.19. The van der Waals surface area contributed by atoms with E-state index in [-0.39, 0.29) is 58.3 Å². The van der Waals surface area contributed by atoms with Gasteiger partial charge in [0.05, 0.1) is 30.1 Å². The van der Waals surface area contributed by atoms with Gasteiger partial charge in [-0.2, -0.15) is 0 Å². The van der Waals surface area contributed by atoms with Gasteiger partial charge in [0.25, 0.3) is 5.91 Å². The molecule has 1 aromatic carbocycles. The average Bonchev–Trinajstić information content (AvgIpc) is 3.62. The summed E-state index contributed by atoms with van der Waals surface area (Å²) in [6.07, 6.45) is 5.92. The molecule has 9 heteroatoms. The van der Waals surface area contributed by atoms with Crippen LogP contribution in [0.25, 0.3) is 0 Å². The minimum atomic E-state index is -0.835. The number of carboxylic acid groups (broad SMARTS) is 1. The first-order chi connectivity index (χ1) is 18.4. The molecule has 0 spiro atoms. The second-order valence-corrected chi connectivity index (χ2v) is 13.0. The molecule has 39 heavy (non-hydrogen) atoms. The standard InChI is InChI=1S/C30H41FN2O6/c1-16-18-12-19(18)24(27(35)32-15-29(2)8-5-9-29)25(16)33-26(34)20-13-23(21(31)14-22(20)38-4)39-17-6-10-30(3,11-7-17)28(36)37/h13-14,16-19,24-25H,5-12,15H2,1-4H3,(H,32,35)(H,33,34)(H,36,37)/t16-,17-,18?,19-,24-,25+,30+/m0/s1. The zero-order chi connectivity index (χ0) is 28.1. The van der Waals surface area contributed by atoms with Crippen molar-refractivity contribution in [3.05, 3.63) is 23.5 Å². The number of aliphatic carboxylic acids is 1. The molecule has 0 aliphatic heterocycles. The number of hydrogen-bond acceptors (Lipinski definition) is 5. The van der Waals surface area contributed by atoms with Crippen LogP contribution in [-0.4, -0.2) is 48.7 Å². The smallest absolute Gasteiger partial charge is 0.309 e. The van der Waals surface area contributed by atoms with Gasteiger partial charge in [-0.05, 0) is 81.1 Å². The summed E-state index contributed by atoms with van der Waals surface area (Å²) < 4.78 is 26.2. The van der Waals surface area contributed by atoms with E-state index in [0.717, 1.165) is 25.3 Å². The van der Waals surface area contributed by atoms with Gasteiger partial charge in [0, 0.05) is 18.7 Å². The van der Waals surface area contributed by atoms with Crippen LogP contribution < -0.4 is 20.1 Å². The maximum Gasteiger partial charge on any atom is 0.309 e. The van der Waals surface area contributed by atoms with Gasteiger partial charge in [-0.25, -0.2) is 4.39 Å². The fourth-order valence-electron chi connectivity index (χ4n) is 7.01. The topological polar surface area (TPSA) is 114 Å². The van der Waals surface area contributed by atoms with Crippen molar-refractivity contribution in [1.82, 2.24) is 10.6 Å². The largest absolute Gasteiger partial charge is 0.496 e. The number of hydrogen-bond donors (Lipinski definition) is 3. The van der Waals surface area contributed by atoms with Crippen molar-refractivity contribution in [2.75, 3.05) is 13.7 Å². The molecule has 0 saturated heterocycles. The van der Waals surface area contributed by atoms with Crippen molar-refractivity contribution in [1.29, 1.82) is 0 Å². The third-order valence-corrected chi connectivity index (χ3v) is 10.2. The molecule has 5 rings (SSSR count). The van der Waals surface area contributed by atoms with E-state index in [1.807, 2.05) is 0 Å². The lowest BCUT2D eigenvalue weighted by Crippen LogP contribution is -2.50. The Morgan fingerprint density at radius 1 is 1.08 bits per heavy atom. The number of rotatable bonds is 9. The Morgan fingerprint density at radius 2 is 1.77 bits per heavy atom. The van der Waals surface area contributed by atoms with Crippen LogP contribution >= 0.6 is 0 Å². The van der Waals surface area contributed by atoms with Crippen molar-refractivity contribution in [3.63, 3.8) is 0 Å². The molecule has 0 bridgehead atoms. The quantitative estimate of drug-likeness (QED) is 0.420. The molecule has 8 nitrogen and oxygen atoms in total. The summed E-state index contributed by atoms with van der Waals surface area (Å²) in [5.74, 6) is -1.31. The monoisotopic (exact) mass is 544 g/mol. The van der Waals surface area contributed by atoms with Crippen molar-refractivity contribution >= 4 is 17.8 Å². The number of nitrogens with one attached hydrogen (secondary N) is 2. The lowest BCUT2D eigenvalue weighted by atomic mass is 9.70. The summed E-state index contributed by atoms with van der Waals surface area (Å²) in [5, 5.41) is 15.7. The lowest BCUT2D eigenvalue weighted by Gasteiger charge is -2.39. The van der Waals surface area contributed by atoms with E-state index in [1.54, 1.807) is 6.92 Å². The number of amides is 2. The van der Waals surface area contributed by atoms with Gasteiger partial charge >= 0.3 is 5.97 Å². The third kappa shape index (κ3) is 5.33. The minimum Gasteiger partial charge on any atom is -0.496 e. The van der Waals surface area contributed by atoms with E-state index in [2.05, 4.69) is 24.5 Å². The number of methoxy groups -OCH3 is 1. The molecule has 5 atom stereocenters. The number of carboxylic acids is 1. The van der Waals surface area contributed by atoms with E-state index < -0.39 is 23.1 Å². The lowest BCUT2D eigenvalue weighted by molar-refractivity contribution is -0.150. The van der Waals surface area contributed by atoms with Crippen LogP contribution in [0.2, 0.25) is 0 Å². The maximum atomic E-state index is 14.9. The molecule has 1 unspecified atom stereocenters. The number of benzene rings is 1. The zero-order valence-electron chi connectivity index (χ0n) is 23.3. The molecule has 214 valence electrons. The van der Waals surface area contributed by atoms with E-state index in [9.17, 15) is 23.9 Å². The van der Waals surface area contributed by atoms with Gasteiger partial charge in [0.2, 0.25) is 5.91 Å². The van der Waals surface area contributed by atoms with Crippen LogP contribution in [0.3, 0.4) is 0 Å². The summed E-state index contributed by atoms with van der Waals surface area (Å²) in [4.78, 5) is 38.4. The van der Waals surface area contributed by atoms with Crippen molar-refractivity contribution in [3.8, 4) is 11.5 Å². The molecule has 3 N–H and O–H groups in total. The fourth-order valence-corrected chi connectivity index (χ4v) is 7.01. The molecule has 0 aromatic heterocycles. The van der Waals surface area contributed by atoms with Crippen LogP contribution in [0.15, 0.2) is 12.1 Å². The summed E-state index contributed by atoms with van der Waals surface area (Å²) in [6.45, 7) is 6.66. The highest BCUT2D eigenvalue weighted by molar-refractivity contribution is 5.98. The number of carbonyl (C=O) groups is 3. The van der Waals surface area contributed by atoms with E-state index in [4.69, 9.17) is 9.47 Å². The Labute approximate surface area is 229 Å². The molecule has 2 amide bonds. The molecular formula is C30H41FN2O6. The van der Waals surface area contributed by atoms with Crippen LogP contribution in [0.1, 0.15) is 82.5 Å². The fraction of sp³-hybridized carbons (Fsp3) is 0.700. The molecule has 4 fully saturated rings. The van der Waals surface area contributed by atoms with Crippen LogP contribution in [0.4, 0.5) is 4.39 Å². The van der Waals surface area contributed by atoms with Crippen molar-refractivity contribution in [2.24, 2.45) is 34.5 Å². The molecule has 4 saturated carbocycles. The van der Waals surface area contributed by atoms with Gasteiger partial charge in [0.15, 0.2) is 11.6 Å². The zero-order valence-corrected chi connectivity index (χ0v) is 23.3. The third-order valence-electron chi connectivity index (χ3n) is 10.2. The maximum absolute atomic E-state index is 14.9. The summed E-state index contributed by atoms with van der Waals surface area (Å²) >= 11 is 0. The number of halogens is 1. The number of carbonyl (C=O) groups excluding carboxylic acids is 2. The average molecular weight is 545 g/mol. The summed E-state index contributed by atoms with van der Waals surface area (Å²) in [5.41, 5.74) is -0.487. The van der Waals surface area contributed by atoms with Gasteiger partial charge in [-0.1, -0.05) is 20.3 Å². The van der Waals surface area contributed by atoms with Crippen LogP contribution in [0.5, 0.6) is 11.5 Å². The first-order valence-electron chi connectivity index (χ1n) is 14.3. The molecule has 4 aliphatic rings. The SMILES string of the molecule is COc1cc(F)c(O[C@H]2CC[C@@](C)(C(=O)O)CC2)cc1C(=O)N[C@H]1[C@@H](C(=O)NCC2(C)CCC2)[C@H]2CC2[C@@H]1C. The van der Waals surface area contributed by atoms with E-state index >= 15 is 0 Å². The van der Waals surface area contributed by atoms with Gasteiger partial charge in [-0.15, -0.1) is 0 Å². The molecular weight excluding hydrogens is 503 g/mol. The molecule has 0 radical (unpaired) electrons. The molecule has 0 heterocycles. The predicted octanol–water partition coefficient (Wildman–Crippen LogP) is 4.55. The molecule has 1 aromatic rings. The Hall–Kier alpha value is -2.84. The van der Waals surface area contributed by atoms with Crippen molar-refractivity contribution < 1.29 is 33.4 Å². The predicted molar refractivity (Wildman–Crippen MR) is 142 cm³/mol. The minimum absolute atomic E-state index is 0.00558. The Bertz CT molecular complexity index is 1140. The normalized spacial score (nSPS) is 34.3. The first kappa shape index (κ1) is 27.7. The first-order valence-corrected chi connectivity index (χ1v) is 14.3. The Kier molecular flexibility index (Phi) is 7.31. The van der Waals surface area contributed by atoms with Crippen LogP contribution in [0, 0.1) is 40.3 Å². The van der Waals surface area contributed by atoms with E-state index in [1.165, 1.54) is 19.6 Å². The van der Waals surface area contributed by atoms with Gasteiger partial charge < -0.3 is 25.2 Å². The summed E-state index contributed by atoms with van der Waals surface area (Å²) in [7, 11) is 1.38. The number of ether oxygens (including phenoxy) is 2. The Morgan fingerprint density at radius 3 is 2.36 bits per heavy atom. The van der Waals surface area contributed by atoms with Crippen LogP contribution in [-0.2, 0) is 9.59 Å². The number of fused-ring (bicyclic) bond motifs is 1. The highest BCUT2D eigenvalue weighted by Crippen LogP contribution is 2.58.